The molecule has 1 aromatic carbocycles. The van der Waals surface area contributed by atoms with Gasteiger partial charge in [0.05, 0.1) is 16.6 Å². The van der Waals surface area contributed by atoms with Gasteiger partial charge in [0.15, 0.2) is 12.4 Å². The third-order valence-corrected chi connectivity index (χ3v) is 5.31. The van der Waals surface area contributed by atoms with Crippen LogP contribution < -0.4 is 14.8 Å². The summed E-state index contributed by atoms with van der Waals surface area (Å²) in [4.78, 5) is 11.4. The molecule has 2 heterocycles. The molecule has 1 amide bonds. The first-order chi connectivity index (χ1) is 11.8. The molecule has 0 radical (unpaired) electrons. The zero-order valence-electron chi connectivity index (χ0n) is 14.1. The van der Waals surface area contributed by atoms with E-state index in [0.717, 1.165) is 0 Å². The van der Waals surface area contributed by atoms with E-state index in [1.54, 1.807) is 17.8 Å². The number of nitrogens with zero attached hydrogens (tertiary/aromatic N) is 3. The quantitative estimate of drug-likeness (QED) is 0.823. The number of nitrogens with one attached hydrogen (secondary N) is 2. The van der Waals surface area contributed by atoms with Crippen molar-refractivity contribution < 1.29 is 17.9 Å². The number of amides is 1. The number of carbonyl (C=O) groups is 1. The zero-order valence-corrected chi connectivity index (χ0v) is 14.9. The summed E-state index contributed by atoms with van der Waals surface area (Å²) in [5, 5.41) is 10.4. The molecule has 0 aliphatic carbocycles. The van der Waals surface area contributed by atoms with Crippen LogP contribution in [0.3, 0.4) is 0 Å². The van der Waals surface area contributed by atoms with Crippen molar-refractivity contribution in [1.29, 1.82) is 0 Å². The minimum atomic E-state index is -3.82. The van der Waals surface area contributed by atoms with Crippen molar-refractivity contribution in [3.05, 3.63) is 30.4 Å². The van der Waals surface area contributed by atoms with E-state index in [-0.39, 0.29) is 23.5 Å². The summed E-state index contributed by atoms with van der Waals surface area (Å²) in [6, 6.07) is 3.85. The SMILES string of the molecule is CC(NS(=O)(=O)c1ccc2c(c1)NC(=O)CO2)c1nncn1C(C)C. The largest absolute Gasteiger partial charge is 0.482 e. The Morgan fingerprint density at radius 3 is 2.80 bits per heavy atom. The predicted molar refractivity (Wildman–Crippen MR) is 89.7 cm³/mol. The van der Waals surface area contributed by atoms with Gasteiger partial charge in [0.1, 0.15) is 12.1 Å². The van der Waals surface area contributed by atoms with Crippen LogP contribution in [0.2, 0.25) is 0 Å². The third-order valence-electron chi connectivity index (χ3n) is 3.77. The van der Waals surface area contributed by atoms with Crippen LogP contribution in [0.15, 0.2) is 29.4 Å². The smallest absolute Gasteiger partial charge is 0.262 e. The summed E-state index contributed by atoms with van der Waals surface area (Å²) in [6.07, 6.45) is 1.57. The highest BCUT2D eigenvalue weighted by molar-refractivity contribution is 7.89. The molecular weight excluding hydrogens is 346 g/mol. The Morgan fingerprint density at radius 2 is 2.08 bits per heavy atom. The fraction of sp³-hybridized carbons (Fsp3) is 0.400. The van der Waals surface area contributed by atoms with Crippen LogP contribution >= 0.6 is 0 Å². The van der Waals surface area contributed by atoms with E-state index in [0.29, 0.717) is 17.3 Å². The molecule has 25 heavy (non-hydrogen) atoms. The standard InChI is InChI=1S/C15H19N5O4S/c1-9(2)20-8-16-18-15(20)10(3)19-25(22,23)11-4-5-13-12(6-11)17-14(21)7-24-13/h4-6,8-10,19H,7H2,1-3H3,(H,17,21). The molecule has 1 atom stereocenters. The number of ether oxygens (including phenoxy) is 1. The molecule has 1 aromatic heterocycles. The molecule has 0 spiro atoms. The molecule has 2 N–H and O–H groups in total. The summed E-state index contributed by atoms with van der Waals surface area (Å²) in [7, 11) is -3.82. The fourth-order valence-corrected chi connectivity index (χ4v) is 3.77. The third kappa shape index (κ3) is 3.49. The Kier molecular flexibility index (Phi) is 4.48. The summed E-state index contributed by atoms with van der Waals surface area (Å²) < 4.78 is 34.9. The first kappa shape index (κ1) is 17.4. The van der Waals surface area contributed by atoms with Crippen LogP contribution in [0.4, 0.5) is 5.69 Å². The lowest BCUT2D eigenvalue weighted by Gasteiger charge is -2.20. The molecule has 10 heteroatoms. The summed E-state index contributed by atoms with van der Waals surface area (Å²) >= 11 is 0. The van der Waals surface area contributed by atoms with Gasteiger partial charge in [-0.05, 0) is 39.0 Å². The molecule has 0 saturated heterocycles. The predicted octanol–water partition coefficient (Wildman–Crippen LogP) is 1.23. The first-order valence-corrected chi connectivity index (χ1v) is 9.24. The number of fused-ring (bicyclic) bond motifs is 1. The maximum atomic E-state index is 12.7. The van der Waals surface area contributed by atoms with Crippen molar-refractivity contribution in [2.24, 2.45) is 0 Å². The number of benzene rings is 1. The maximum absolute atomic E-state index is 12.7. The lowest BCUT2D eigenvalue weighted by Crippen LogP contribution is -2.30. The van der Waals surface area contributed by atoms with E-state index in [1.165, 1.54) is 18.2 Å². The number of aromatic nitrogens is 3. The van der Waals surface area contributed by atoms with Crippen molar-refractivity contribution in [1.82, 2.24) is 19.5 Å². The highest BCUT2D eigenvalue weighted by Gasteiger charge is 2.25. The first-order valence-electron chi connectivity index (χ1n) is 7.76. The number of hydrogen-bond acceptors (Lipinski definition) is 6. The van der Waals surface area contributed by atoms with E-state index in [1.807, 2.05) is 13.8 Å². The summed E-state index contributed by atoms with van der Waals surface area (Å²) in [5.41, 5.74) is 0.331. The Bertz CT molecular complexity index is 906. The molecule has 1 aliphatic rings. The maximum Gasteiger partial charge on any atom is 0.262 e. The van der Waals surface area contributed by atoms with E-state index >= 15 is 0 Å². The van der Waals surface area contributed by atoms with Crippen molar-refractivity contribution in [2.45, 2.75) is 37.8 Å². The molecule has 2 aromatic rings. The second-order valence-corrected chi connectivity index (χ2v) is 7.74. The minimum absolute atomic E-state index is 0.0273. The Labute approximate surface area is 145 Å². The lowest BCUT2D eigenvalue weighted by atomic mass is 10.2. The van der Waals surface area contributed by atoms with Crippen molar-refractivity contribution >= 4 is 21.6 Å². The molecule has 134 valence electrons. The lowest BCUT2D eigenvalue weighted by molar-refractivity contribution is -0.118. The molecule has 1 unspecified atom stereocenters. The number of sulfonamides is 1. The van der Waals surface area contributed by atoms with Crippen LogP contribution in [0.25, 0.3) is 0 Å². The van der Waals surface area contributed by atoms with Gasteiger partial charge in [-0.2, -0.15) is 0 Å². The summed E-state index contributed by atoms with van der Waals surface area (Å²) in [5.74, 6) is 0.632. The second kappa shape index (κ2) is 6.45. The number of anilines is 1. The van der Waals surface area contributed by atoms with Gasteiger partial charge in [-0.15, -0.1) is 10.2 Å². The van der Waals surface area contributed by atoms with Crippen LogP contribution in [-0.4, -0.2) is 35.7 Å². The number of rotatable bonds is 5. The number of carbonyl (C=O) groups excluding carboxylic acids is 1. The van der Waals surface area contributed by atoms with Crippen LogP contribution in [-0.2, 0) is 14.8 Å². The van der Waals surface area contributed by atoms with E-state index in [4.69, 9.17) is 4.74 Å². The number of hydrogen-bond donors (Lipinski definition) is 2. The molecule has 3 rings (SSSR count). The van der Waals surface area contributed by atoms with Gasteiger partial charge in [0.2, 0.25) is 10.0 Å². The fourth-order valence-electron chi connectivity index (χ4n) is 2.54. The van der Waals surface area contributed by atoms with Gasteiger partial charge in [0.25, 0.3) is 5.91 Å². The van der Waals surface area contributed by atoms with Gasteiger partial charge in [-0.25, -0.2) is 13.1 Å². The van der Waals surface area contributed by atoms with E-state index < -0.39 is 16.1 Å². The summed E-state index contributed by atoms with van der Waals surface area (Å²) in [6.45, 7) is 5.53. The van der Waals surface area contributed by atoms with Gasteiger partial charge in [-0.3, -0.25) is 4.79 Å². The van der Waals surface area contributed by atoms with Gasteiger partial charge < -0.3 is 14.6 Å². The van der Waals surface area contributed by atoms with Crippen molar-refractivity contribution in [3.63, 3.8) is 0 Å². The molecule has 1 aliphatic heterocycles. The monoisotopic (exact) mass is 365 g/mol. The van der Waals surface area contributed by atoms with Crippen LogP contribution in [0.1, 0.15) is 38.7 Å². The molecule has 0 saturated carbocycles. The van der Waals surface area contributed by atoms with Gasteiger partial charge in [-0.1, -0.05) is 0 Å². The van der Waals surface area contributed by atoms with E-state index in [9.17, 15) is 13.2 Å². The zero-order chi connectivity index (χ0) is 18.2. The Morgan fingerprint density at radius 1 is 1.32 bits per heavy atom. The van der Waals surface area contributed by atoms with Gasteiger partial charge >= 0.3 is 0 Å². The topological polar surface area (TPSA) is 115 Å². The van der Waals surface area contributed by atoms with Crippen molar-refractivity contribution in [2.75, 3.05) is 11.9 Å². The van der Waals surface area contributed by atoms with Gasteiger partial charge in [0, 0.05) is 6.04 Å². The second-order valence-electron chi connectivity index (χ2n) is 6.03. The van der Waals surface area contributed by atoms with Crippen LogP contribution in [0, 0.1) is 0 Å². The molecule has 0 fully saturated rings. The average Bonchev–Trinajstić information content (AvgIpc) is 3.03. The molecule has 9 nitrogen and oxygen atoms in total. The average molecular weight is 365 g/mol. The highest BCUT2D eigenvalue weighted by atomic mass is 32.2. The highest BCUT2D eigenvalue weighted by Crippen LogP contribution is 2.30. The van der Waals surface area contributed by atoms with E-state index in [2.05, 4.69) is 20.2 Å². The Balaban J connectivity index is 1.86. The molecular formula is C15H19N5O4S. The van der Waals surface area contributed by atoms with Crippen LogP contribution in [0.5, 0.6) is 5.75 Å². The van der Waals surface area contributed by atoms with Crippen molar-refractivity contribution in [3.8, 4) is 5.75 Å². The normalized spacial score (nSPS) is 15.4. The molecule has 0 bridgehead atoms. The Hall–Kier alpha value is -2.46. The minimum Gasteiger partial charge on any atom is -0.482 e.